The maximum atomic E-state index is 13.1. The number of pyridine rings is 1. The number of halogens is 11. The number of carbonyl (C=O) groups is 5. The van der Waals surface area contributed by atoms with Gasteiger partial charge in [-0.25, -0.2) is 26.5 Å². The molecule has 0 aliphatic carbocycles. The van der Waals surface area contributed by atoms with Crippen molar-refractivity contribution in [3.8, 4) is 11.3 Å². The number of hydrogen-bond acceptors (Lipinski definition) is 27. The van der Waals surface area contributed by atoms with Crippen molar-refractivity contribution in [2.45, 2.75) is 90.1 Å². The topological polar surface area (TPSA) is 324 Å². The molecule has 0 spiro atoms. The number of benzene rings is 9. The van der Waals surface area contributed by atoms with Gasteiger partial charge in [0.05, 0.1) is 76.1 Å². The Bertz CT molecular complexity index is 8390. The molecule has 10 aromatic heterocycles. The highest BCUT2D eigenvalue weighted by molar-refractivity contribution is 7.99. The van der Waals surface area contributed by atoms with Crippen LogP contribution in [0.4, 0.5) is 43.4 Å². The number of nitrogens with one attached hydrogen (secondary N) is 3. The second kappa shape index (κ2) is 47.6. The fourth-order valence-electron chi connectivity index (χ4n) is 16.4. The summed E-state index contributed by atoms with van der Waals surface area (Å²) in [5.74, 6) is -1.41. The van der Waals surface area contributed by atoms with Crippen molar-refractivity contribution in [2.75, 3.05) is 60.6 Å². The van der Waals surface area contributed by atoms with Gasteiger partial charge < -0.3 is 34.4 Å². The molecule has 47 heteroatoms. The lowest BCUT2D eigenvalue weighted by atomic mass is 9.99. The van der Waals surface area contributed by atoms with Crippen LogP contribution in [0.2, 0.25) is 25.1 Å². The number of fused-ring (bicyclic) bond motifs is 7. The summed E-state index contributed by atoms with van der Waals surface area (Å²) in [5.41, 5.74) is 10.9. The van der Waals surface area contributed by atoms with Crippen molar-refractivity contribution in [2.24, 2.45) is 7.05 Å². The second-order valence-electron chi connectivity index (χ2n) is 33.5. The number of thiophene rings is 5. The smallest absolute Gasteiger partial charge is 0.360 e. The van der Waals surface area contributed by atoms with Crippen LogP contribution in [-0.4, -0.2) is 148 Å². The molecule has 0 bridgehead atoms. The summed E-state index contributed by atoms with van der Waals surface area (Å²) in [7, 11) is -7.20. The first kappa shape index (κ1) is 108. The molecule has 0 saturated carbocycles. The average molecular weight is 2300 g/mol. The predicted octanol–water partition coefficient (Wildman–Crippen LogP) is 26.4. The highest BCUT2D eigenvalue weighted by Gasteiger charge is 2.39. The number of thioether (sulfide) groups is 1. The summed E-state index contributed by atoms with van der Waals surface area (Å²) < 4.78 is 153. The normalized spacial score (nSPS) is 13.3. The molecule has 3 N–H and O–H groups in total. The number of sulfone groups is 1. The van der Waals surface area contributed by atoms with Gasteiger partial charge in [0, 0.05) is 108 Å². The molecule has 1 fully saturated rings. The lowest BCUT2D eigenvalue weighted by Gasteiger charge is -2.29. The van der Waals surface area contributed by atoms with Gasteiger partial charge in [-0.1, -0.05) is 226 Å². The molecule has 0 radical (unpaired) electrons. The molecular weight excluding hydrogens is 2220 g/mol. The third-order valence-corrected chi connectivity index (χ3v) is 37.0. The van der Waals surface area contributed by atoms with Gasteiger partial charge in [-0.2, -0.15) is 43.8 Å². The van der Waals surface area contributed by atoms with Crippen LogP contribution < -0.4 is 20.3 Å². The van der Waals surface area contributed by atoms with E-state index in [4.69, 9.17) is 62.5 Å². The van der Waals surface area contributed by atoms with E-state index < -0.39 is 69.7 Å². The predicted molar refractivity (Wildman–Crippen MR) is 581 cm³/mol. The van der Waals surface area contributed by atoms with Gasteiger partial charge in [-0.15, -0.1) is 66.9 Å². The maximum Gasteiger partial charge on any atom is 0.451 e. The third-order valence-electron chi connectivity index (χ3n) is 23.7. The third kappa shape index (κ3) is 25.4. The quantitative estimate of drug-likeness (QED) is 0.0531. The maximum absolute atomic E-state index is 13.1. The number of amides is 5. The summed E-state index contributed by atoms with van der Waals surface area (Å²) in [6.07, 6.45) is -5.02. The number of aromatic nitrogens is 9. The zero-order valence-electron chi connectivity index (χ0n) is 78.2. The highest BCUT2D eigenvalue weighted by atomic mass is 35.5. The first-order chi connectivity index (χ1) is 71.5. The van der Waals surface area contributed by atoms with Gasteiger partial charge in [0.15, 0.2) is 10.2 Å². The lowest BCUT2D eigenvalue weighted by Crippen LogP contribution is -2.35. The molecule has 9 aromatic carbocycles. The molecule has 19 aromatic rings. The van der Waals surface area contributed by atoms with Crippen LogP contribution in [0.15, 0.2) is 271 Å². The summed E-state index contributed by atoms with van der Waals surface area (Å²) in [6, 6.07) is 71.1. The molecule has 3 aliphatic heterocycles. The van der Waals surface area contributed by atoms with Gasteiger partial charge in [0.1, 0.15) is 57.3 Å². The Hall–Kier alpha value is -12.1. The number of hydrogen-bond donors (Lipinski definition) is 3. The largest absolute Gasteiger partial charge is 0.451 e. The van der Waals surface area contributed by atoms with Crippen molar-refractivity contribution in [3.05, 3.63) is 343 Å². The van der Waals surface area contributed by atoms with Crippen molar-refractivity contribution >= 4 is 269 Å². The van der Waals surface area contributed by atoms with Crippen LogP contribution >= 0.6 is 150 Å². The summed E-state index contributed by atoms with van der Waals surface area (Å²) in [4.78, 5) is 78.0. The molecule has 1 saturated heterocycles. The number of nitrogens with zero attached hydrogens (tertiary/aromatic N) is 13. The van der Waals surface area contributed by atoms with E-state index in [0.29, 0.717) is 110 Å². The van der Waals surface area contributed by atoms with E-state index in [0.717, 1.165) is 159 Å². The minimum atomic E-state index is -4.74. The van der Waals surface area contributed by atoms with Crippen molar-refractivity contribution in [3.63, 3.8) is 0 Å². The van der Waals surface area contributed by atoms with E-state index in [1.807, 2.05) is 92.9 Å². The molecular formula is C102H81Cl5F6N16O10S10. The van der Waals surface area contributed by atoms with Gasteiger partial charge in [0.2, 0.25) is 31.6 Å². The Balaban J connectivity index is 0.000000122. The molecule has 26 nitrogen and oxygen atoms in total. The molecule has 0 unspecified atom stereocenters. The SMILES string of the molecule is Cc1ccc2c(c1)CCCN2C(=O)c1sc2ccccc2c1Cl.Cc1onc(-c2c(Cl)cccc2Cl)c1C(=O)Nc1cccc2nsnc12.Cn1c(SCC(=O)Nc2cccc3nsnc23)nnc1C(F)(F)F.O=C(c1cccs1)N1CCCN(Cc2cccc3ccccc23)CC1.O=C(c1sc2ccccc2c1Cl)N1CCc2ccccc2C1.O=S(=O)(NCc1cccs1)c1ccc(S(=O)(=O)c2ncc(C(F)(F)F)cc2Cl)s1. The molecule has 149 heavy (non-hydrogen) atoms. The number of anilines is 3. The zero-order valence-corrected chi connectivity index (χ0v) is 90.2. The lowest BCUT2D eigenvalue weighted by molar-refractivity contribution is -0.147. The minimum Gasteiger partial charge on any atom is -0.360 e. The summed E-state index contributed by atoms with van der Waals surface area (Å²) in [6.45, 7) is 10.5. The van der Waals surface area contributed by atoms with Gasteiger partial charge >= 0.3 is 12.4 Å². The van der Waals surface area contributed by atoms with E-state index in [9.17, 15) is 67.2 Å². The van der Waals surface area contributed by atoms with Gasteiger partial charge in [-0.3, -0.25) is 28.9 Å². The molecule has 766 valence electrons. The molecule has 22 rings (SSSR count). The monoisotopic (exact) mass is 2300 g/mol. The summed E-state index contributed by atoms with van der Waals surface area (Å²) >= 11 is 40.4. The van der Waals surface area contributed by atoms with Crippen LogP contribution in [0, 0.1) is 13.8 Å². The number of sulfonamides is 1. The first-order valence-corrected chi connectivity index (χ1v) is 56.8. The van der Waals surface area contributed by atoms with Crippen LogP contribution in [-0.2, 0) is 76.5 Å². The highest BCUT2D eigenvalue weighted by Crippen LogP contribution is 2.44. The van der Waals surface area contributed by atoms with E-state index >= 15 is 0 Å². The fraction of sp³-hybridized carbons (Fsp3) is 0.186. The van der Waals surface area contributed by atoms with E-state index in [-0.39, 0.29) is 44.9 Å². The Morgan fingerprint density at radius 2 is 1.16 bits per heavy atom. The Morgan fingerprint density at radius 3 is 1.81 bits per heavy atom. The van der Waals surface area contributed by atoms with E-state index in [1.165, 1.54) is 91.0 Å². The van der Waals surface area contributed by atoms with Crippen LogP contribution in [0.25, 0.3) is 64.3 Å². The average Bonchev–Trinajstić information content (AvgIpc) is 1.70. The molecule has 13 heterocycles. The fourth-order valence-corrected chi connectivity index (χ4v) is 27.8. The molecule has 3 aliphatic rings. The van der Waals surface area contributed by atoms with Crippen LogP contribution in [0.3, 0.4) is 0 Å². The molecule has 5 amide bonds. The van der Waals surface area contributed by atoms with Crippen LogP contribution in [0.1, 0.15) is 102 Å². The number of carbonyl (C=O) groups excluding carboxylic acids is 5. The van der Waals surface area contributed by atoms with Crippen molar-refractivity contribution < 1.29 is 71.7 Å². The number of rotatable bonds is 18. The molecule has 0 atom stereocenters. The zero-order chi connectivity index (χ0) is 105. The Kier molecular flexibility index (Phi) is 34.6. The standard InChI is InChI=1S/C21H22N2OS.C19H16ClNOS.C18H14ClNOS.C17H10Cl2N4O2S.C15H10ClF3N2O4S4.C12H9F3N6OS2/c24-21(20-10-4-15-25-20)23-12-5-11-22(13-14-23)16-18-8-3-7-17-6-1-2-9-19(17)18;1-12-8-9-15-13(11-12)5-4-10-21(15)19(22)18-17(20)14-6-2-3-7-16(14)23-18;19-16-14-7-3-4-8-15(14)22-17(16)18(21)20-10-9-12-5-1-2-6-13(12)11-20;1-8-13(16(21-25-8)14-9(18)4-2-5-10(14)19)17(24)20-11-6-3-7-12-15(11)23-26-22-12;16-11-6-9(15(17,18)19)7-20-14(11)28(22,23)12-3-4-13(27-12)29(24,25)21-8-10-2-1-5-26-10;1-21-10(12(13,14)15)17-18-11(21)23-5-8(22)16-6-3-2-4-7-9(6)20-24-19-7/h1-4,6-10,15H,5,11-14,16H2;2-3,6-9,11H,4-5,10H2,1H3;1-8H,9-11H2;2-7H,1H3,(H,20,24);1-7,21H,8H2;2-4H,5H2,1H3,(H,16,22). The Morgan fingerprint density at radius 1 is 0.537 bits per heavy atom. The van der Waals surface area contributed by atoms with Crippen molar-refractivity contribution in [1.82, 2.24) is 61.8 Å². The number of aryl methyl sites for hydroxylation is 3. The second-order valence-corrected chi connectivity index (χ2v) is 46.8. The van der Waals surface area contributed by atoms with Gasteiger partial charge in [-0.05, 0) is 168 Å². The number of alkyl halides is 6. The first-order valence-electron chi connectivity index (χ1n) is 45.3. The van der Waals surface area contributed by atoms with E-state index in [2.05, 4.69) is 144 Å². The van der Waals surface area contributed by atoms with E-state index in [1.54, 1.807) is 73.0 Å². The van der Waals surface area contributed by atoms with Gasteiger partial charge in [0.25, 0.3) is 23.6 Å². The van der Waals surface area contributed by atoms with Crippen LogP contribution in [0.5, 0.6) is 0 Å². The summed E-state index contributed by atoms with van der Waals surface area (Å²) in [5, 5.41) is 24.8. The Labute approximate surface area is 906 Å². The minimum absolute atomic E-state index is 0.00556. The van der Waals surface area contributed by atoms with Crippen molar-refractivity contribution in [1.29, 1.82) is 0 Å².